The summed E-state index contributed by atoms with van der Waals surface area (Å²) in [5, 5.41) is 5.60. The van der Waals surface area contributed by atoms with Gasteiger partial charge in [0, 0.05) is 19.3 Å². The molecule has 37 heavy (non-hydrogen) atoms. The van der Waals surface area contributed by atoms with Gasteiger partial charge in [-0.25, -0.2) is 0 Å². The molecule has 1 aromatic carbocycles. The first kappa shape index (κ1) is 33.8. The van der Waals surface area contributed by atoms with Crippen molar-refractivity contribution in [3.8, 4) is 5.75 Å². The molecular formula is C27H40ClN3O6. The molecule has 0 aliphatic rings. The highest BCUT2D eigenvalue weighted by Crippen LogP contribution is 2.18. The van der Waals surface area contributed by atoms with E-state index < -0.39 is 18.0 Å². The van der Waals surface area contributed by atoms with Gasteiger partial charge in [0.1, 0.15) is 19.0 Å². The van der Waals surface area contributed by atoms with Crippen LogP contribution in [0.25, 0.3) is 0 Å². The third-order valence-corrected chi connectivity index (χ3v) is 5.53. The summed E-state index contributed by atoms with van der Waals surface area (Å²) >= 11 is 0. The number of quaternary nitrogens is 1. The summed E-state index contributed by atoms with van der Waals surface area (Å²) in [6, 6.07) is 6.07. The zero-order valence-corrected chi connectivity index (χ0v) is 22.3. The third-order valence-electron chi connectivity index (χ3n) is 5.53. The highest BCUT2D eigenvalue weighted by atomic mass is 35.5. The quantitative estimate of drug-likeness (QED) is 0.105. The average molecular weight is 538 g/mol. The Morgan fingerprint density at radius 2 is 1.78 bits per heavy atom. The predicted octanol–water partition coefficient (Wildman–Crippen LogP) is -1.48. The minimum atomic E-state index is -0.770. The van der Waals surface area contributed by atoms with E-state index in [1.165, 1.54) is 6.92 Å². The Balaban J connectivity index is 0.0000130. The number of unbranched alkanes of at least 4 members (excludes halogenated alkanes) is 1. The molecule has 0 saturated heterocycles. The molecular weight excluding hydrogens is 498 g/mol. The number of rotatable bonds is 20. The van der Waals surface area contributed by atoms with Crippen LogP contribution in [0.3, 0.4) is 0 Å². The van der Waals surface area contributed by atoms with E-state index in [9.17, 15) is 19.2 Å². The van der Waals surface area contributed by atoms with E-state index in [0.29, 0.717) is 38.1 Å². The molecule has 1 aromatic rings. The smallest absolute Gasteiger partial charge is 0.293 e. The van der Waals surface area contributed by atoms with Crippen molar-refractivity contribution in [1.82, 2.24) is 10.6 Å². The zero-order valence-electron chi connectivity index (χ0n) is 21.6. The van der Waals surface area contributed by atoms with Crippen molar-refractivity contribution in [3.05, 3.63) is 55.1 Å². The fourth-order valence-electron chi connectivity index (χ4n) is 3.73. The summed E-state index contributed by atoms with van der Waals surface area (Å²) in [4.78, 5) is 48.8. The van der Waals surface area contributed by atoms with E-state index in [1.807, 2.05) is 12.1 Å². The monoisotopic (exact) mass is 537 g/mol. The van der Waals surface area contributed by atoms with Gasteiger partial charge in [-0.05, 0) is 49.8 Å². The number of carbonyl (C=O) groups is 4. The molecule has 0 heterocycles. The van der Waals surface area contributed by atoms with Crippen LogP contribution < -0.4 is 33.5 Å². The molecule has 0 saturated carbocycles. The van der Waals surface area contributed by atoms with Crippen LogP contribution in [0.4, 0.5) is 0 Å². The van der Waals surface area contributed by atoms with E-state index in [4.69, 9.17) is 9.47 Å². The highest BCUT2D eigenvalue weighted by Gasteiger charge is 2.28. The van der Waals surface area contributed by atoms with Gasteiger partial charge in [0.25, 0.3) is 6.47 Å². The van der Waals surface area contributed by atoms with Gasteiger partial charge in [-0.1, -0.05) is 30.9 Å². The normalized spacial score (nSPS) is 12.6. The van der Waals surface area contributed by atoms with Gasteiger partial charge in [-0.2, -0.15) is 0 Å². The number of ketones is 1. The van der Waals surface area contributed by atoms with Crippen LogP contribution in [0.15, 0.2) is 49.6 Å². The topological polar surface area (TPSA) is 138 Å². The van der Waals surface area contributed by atoms with E-state index in [-0.39, 0.29) is 43.0 Å². The summed E-state index contributed by atoms with van der Waals surface area (Å²) < 4.78 is 10.3. The Morgan fingerprint density at radius 3 is 2.35 bits per heavy atom. The summed E-state index contributed by atoms with van der Waals surface area (Å²) in [6.07, 6.45) is 6.04. The number of benzene rings is 1. The lowest BCUT2D eigenvalue weighted by Crippen LogP contribution is -3.00. The lowest BCUT2D eigenvalue weighted by Gasteiger charge is -2.23. The van der Waals surface area contributed by atoms with Crippen molar-refractivity contribution < 1.29 is 46.8 Å². The number of ether oxygens (including phenoxy) is 2. The molecule has 0 fully saturated rings. The number of carbonyl (C=O) groups excluding carboxylic acids is 4. The zero-order chi connectivity index (χ0) is 26.8. The van der Waals surface area contributed by atoms with Gasteiger partial charge < -0.3 is 38.2 Å². The molecule has 0 radical (unpaired) electrons. The SMILES string of the molecule is C=CCOc1ccc(C[C@H](NC(C)=O)C(=O)C[C@@H](CCCC[NH3+])C(=O)N[C@@H](CC=C)COC=O)cc1.[Cl-]. The maximum atomic E-state index is 13.3. The second-order valence-corrected chi connectivity index (χ2v) is 8.58. The molecule has 0 aliphatic carbocycles. The van der Waals surface area contributed by atoms with Gasteiger partial charge in [0.2, 0.25) is 11.8 Å². The summed E-state index contributed by atoms with van der Waals surface area (Å²) in [6.45, 7) is 10.1. The molecule has 0 unspecified atom stereocenters. The predicted molar refractivity (Wildman–Crippen MR) is 137 cm³/mol. The number of Topliss-reactive ketones (excluding diaryl/α,β-unsaturated/α-hetero) is 1. The number of amides is 2. The highest BCUT2D eigenvalue weighted by molar-refractivity contribution is 5.92. The molecule has 0 spiro atoms. The van der Waals surface area contributed by atoms with Gasteiger partial charge in [0.05, 0.1) is 18.6 Å². The first-order chi connectivity index (χ1) is 17.3. The van der Waals surface area contributed by atoms with Crippen LogP contribution in [0, 0.1) is 5.92 Å². The number of hydrogen-bond donors (Lipinski definition) is 3. The Kier molecular flexibility index (Phi) is 18.2. The first-order valence-corrected chi connectivity index (χ1v) is 12.2. The first-order valence-electron chi connectivity index (χ1n) is 12.2. The van der Waals surface area contributed by atoms with Crippen molar-refractivity contribution in [3.63, 3.8) is 0 Å². The molecule has 9 nitrogen and oxygen atoms in total. The standard InChI is InChI=1S/C27H39N3O6.ClH/c1-4-8-23(18-35-19-31)30-27(34)22(9-6-7-14-28)17-26(33)25(29-20(3)32)16-21-10-12-24(13-11-21)36-15-5-2;/h4-5,10-13,19,22-23,25H,1-2,6-9,14-18,28H2,3H3,(H,29,32)(H,30,34);1H/t22-,23+,25+;/m1./s1. The Bertz CT molecular complexity index is 862. The fourth-order valence-corrected chi connectivity index (χ4v) is 3.73. The van der Waals surface area contributed by atoms with Gasteiger partial charge in [-0.3, -0.25) is 19.2 Å². The lowest BCUT2D eigenvalue weighted by atomic mass is 9.90. The average Bonchev–Trinajstić information content (AvgIpc) is 2.85. The van der Waals surface area contributed by atoms with Crippen LogP contribution in [0.2, 0.25) is 0 Å². The molecule has 1 rings (SSSR count). The van der Waals surface area contributed by atoms with Crippen LogP contribution in [0.1, 0.15) is 44.6 Å². The maximum absolute atomic E-state index is 13.3. The second kappa shape index (κ2) is 20.0. The van der Waals surface area contributed by atoms with E-state index in [2.05, 4.69) is 29.5 Å². The van der Waals surface area contributed by atoms with Crippen LogP contribution in [0.5, 0.6) is 5.75 Å². The fraction of sp³-hybridized carbons (Fsp3) is 0.481. The molecule has 0 aromatic heterocycles. The largest absolute Gasteiger partial charge is 1.00 e. The molecule has 2 amide bonds. The molecule has 3 atom stereocenters. The lowest BCUT2D eigenvalue weighted by molar-refractivity contribution is -0.368. The van der Waals surface area contributed by atoms with Gasteiger partial charge in [0.15, 0.2) is 5.78 Å². The molecule has 5 N–H and O–H groups in total. The number of nitrogens with one attached hydrogen (secondary N) is 2. The van der Waals surface area contributed by atoms with Crippen molar-refractivity contribution >= 4 is 24.1 Å². The van der Waals surface area contributed by atoms with E-state index >= 15 is 0 Å². The van der Waals surface area contributed by atoms with Crippen molar-refractivity contribution in [1.29, 1.82) is 0 Å². The van der Waals surface area contributed by atoms with Crippen molar-refractivity contribution in [2.75, 3.05) is 19.8 Å². The summed E-state index contributed by atoms with van der Waals surface area (Å²) in [7, 11) is 0. The van der Waals surface area contributed by atoms with Crippen LogP contribution in [-0.2, 0) is 30.3 Å². The summed E-state index contributed by atoms with van der Waals surface area (Å²) in [5.41, 5.74) is 4.69. The summed E-state index contributed by atoms with van der Waals surface area (Å²) in [5.74, 6) is -0.751. The van der Waals surface area contributed by atoms with Gasteiger partial charge >= 0.3 is 0 Å². The Morgan fingerprint density at radius 1 is 1.08 bits per heavy atom. The molecule has 0 bridgehead atoms. The van der Waals surface area contributed by atoms with Crippen LogP contribution in [-0.4, -0.2) is 55.9 Å². The number of hydrogen-bond acceptors (Lipinski definition) is 6. The van der Waals surface area contributed by atoms with E-state index in [1.54, 1.807) is 24.3 Å². The Hall–Kier alpha value is -3.17. The van der Waals surface area contributed by atoms with E-state index in [0.717, 1.165) is 24.9 Å². The minimum absolute atomic E-state index is 0. The molecule has 0 aliphatic heterocycles. The molecule has 206 valence electrons. The third kappa shape index (κ3) is 14.2. The Labute approximate surface area is 225 Å². The van der Waals surface area contributed by atoms with Crippen molar-refractivity contribution in [2.24, 2.45) is 5.92 Å². The van der Waals surface area contributed by atoms with Gasteiger partial charge in [-0.15, -0.1) is 6.58 Å². The molecule has 10 heteroatoms. The minimum Gasteiger partial charge on any atom is -1.00 e. The second-order valence-electron chi connectivity index (χ2n) is 8.58. The maximum Gasteiger partial charge on any atom is 0.293 e. The van der Waals surface area contributed by atoms with Crippen LogP contribution >= 0.6 is 0 Å². The number of halogens is 1. The van der Waals surface area contributed by atoms with Crippen molar-refractivity contribution in [2.45, 2.75) is 57.5 Å².